The van der Waals surface area contributed by atoms with Crippen LogP contribution in [0, 0.1) is 6.92 Å². The molecule has 8 heteroatoms. The summed E-state index contributed by atoms with van der Waals surface area (Å²) in [6.07, 6.45) is 4.04. The fraction of sp³-hybridized carbons (Fsp3) is 0.438. The molecule has 1 aliphatic carbocycles. The van der Waals surface area contributed by atoms with E-state index in [1.807, 2.05) is 17.6 Å². The summed E-state index contributed by atoms with van der Waals surface area (Å²) in [5, 5.41) is 11.7. The molecule has 1 heterocycles. The average Bonchev–Trinajstić information content (AvgIpc) is 3.32. The number of hydrogen-bond acceptors (Lipinski definition) is 6. The van der Waals surface area contributed by atoms with E-state index in [0.717, 1.165) is 23.6 Å². The standard InChI is InChI=1S/C16H20N4O3S/c1-10-6-13(22-2)14(23-3)7-12(10)18-15(21)8-24-16-19-17-9-20(16)11-4-5-11/h6-7,9,11H,4-5,8H2,1-3H3,(H,18,21). The van der Waals surface area contributed by atoms with Crippen LogP contribution in [0.1, 0.15) is 24.4 Å². The van der Waals surface area contributed by atoms with Gasteiger partial charge < -0.3 is 19.4 Å². The van der Waals surface area contributed by atoms with Crippen LogP contribution in [-0.2, 0) is 4.79 Å². The zero-order valence-corrected chi connectivity index (χ0v) is 14.7. The second-order valence-electron chi connectivity index (χ2n) is 5.61. The monoisotopic (exact) mass is 348 g/mol. The van der Waals surface area contributed by atoms with Crippen molar-refractivity contribution >= 4 is 23.4 Å². The first-order valence-corrected chi connectivity index (χ1v) is 8.65. The van der Waals surface area contributed by atoms with Gasteiger partial charge >= 0.3 is 0 Å². The first-order chi connectivity index (χ1) is 11.6. The van der Waals surface area contributed by atoms with E-state index in [4.69, 9.17) is 9.47 Å². The van der Waals surface area contributed by atoms with Crippen LogP contribution in [0.2, 0.25) is 0 Å². The van der Waals surface area contributed by atoms with Gasteiger partial charge in [-0.3, -0.25) is 4.79 Å². The van der Waals surface area contributed by atoms with Crippen molar-refractivity contribution in [2.45, 2.75) is 31.0 Å². The Kier molecular flexibility index (Phi) is 4.94. The molecule has 0 unspecified atom stereocenters. The number of amides is 1. The number of aryl methyl sites for hydroxylation is 1. The molecule has 24 heavy (non-hydrogen) atoms. The lowest BCUT2D eigenvalue weighted by Crippen LogP contribution is -2.15. The van der Waals surface area contributed by atoms with Crippen LogP contribution in [-0.4, -0.2) is 40.6 Å². The smallest absolute Gasteiger partial charge is 0.234 e. The molecule has 7 nitrogen and oxygen atoms in total. The van der Waals surface area contributed by atoms with Crippen molar-refractivity contribution in [3.8, 4) is 11.5 Å². The summed E-state index contributed by atoms with van der Waals surface area (Å²) >= 11 is 1.39. The number of benzene rings is 1. The van der Waals surface area contributed by atoms with Crippen LogP contribution >= 0.6 is 11.8 Å². The van der Waals surface area contributed by atoms with Crippen LogP contribution in [0.5, 0.6) is 11.5 Å². The molecule has 3 rings (SSSR count). The molecule has 1 amide bonds. The third kappa shape index (κ3) is 3.64. The molecule has 0 spiro atoms. The van der Waals surface area contributed by atoms with Crippen molar-refractivity contribution in [2.75, 3.05) is 25.3 Å². The lowest BCUT2D eigenvalue weighted by atomic mass is 10.1. The van der Waals surface area contributed by atoms with Crippen molar-refractivity contribution in [3.05, 3.63) is 24.0 Å². The minimum absolute atomic E-state index is 0.0966. The Morgan fingerprint density at radius 3 is 2.71 bits per heavy atom. The van der Waals surface area contributed by atoms with Gasteiger partial charge in [-0.1, -0.05) is 11.8 Å². The van der Waals surface area contributed by atoms with Crippen LogP contribution in [0.25, 0.3) is 0 Å². The fourth-order valence-electron chi connectivity index (χ4n) is 2.37. The Morgan fingerprint density at radius 2 is 2.04 bits per heavy atom. The predicted molar refractivity (Wildman–Crippen MR) is 91.9 cm³/mol. The molecule has 1 N–H and O–H groups in total. The molecule has 1 saturated carbocycles. The normalized spacial score (nSPS) is 13.6. The van der Waals surface area contributed by atoms with E-state index in [1.165, 1.54) is 11.8 Å². The zero-order valence-electron chi connectivity index (χ0n) is 13.9. The van der Waals surface area contributed by atoms with Gasteiger partial charge in [-0.2, -0.15) is 0 Å². The van der Waals surface area contributed by atoms with Gasteiger partial charge in [0.2, 0.25) is 5.91 Å². The molecule has 0 saturated heterocycles. The number of ether oxygens (including phenoxy) is 2. The minimum Gasteiger partial charge on any atom is -0.493 e. The minimum atomic E-state index is -0.0966. The van der Waals surface area contributed by atoms with Gasteiger partial charge in [-0.25, -0.2) is 0 Å². The van der Waals surface area contributed by atoms with Gasteiger partial charge in [-0.15, -0.1) is 10.2 Å². The molecular weight excluding hydrogens is 328 g/mol. The van der Waals surface area contributed by atoms with Gasteiger partial charge in [0.1, 0.15) is 6.33 Å². The van der Waals surface area contributed by atoms with Crippen molar-refractivity contribution in [1.82, 2.24) is 14.8 Å². The van der Waals surface area contributed by atoms with Gasteiger partial charge in [0, 0.05) is 17.8 Å². The number of methoxy groups -OCH3 is 2. The Hall–Kier alpha value is -2.22. The third-order valence-electron chi connectivity index (χ3n) is 3.82. The number of carbonyl (C=O) groups is 1. The summed E-state index contributed by atoms with van der Waals surface area (Å²) in [5.41, 5.74) is 1.62. The van der Waals surface area contributed by atoms with Crippen molar-refractivity contribution < 1.29 is 14.3 Å². The Morgan fingerprint density at radius 1 is 1.33 bits per heavy atom. The van der Waals surface area contributed by atoms with Crippen molar-refractivity contribution in [1.29, 1.82) is 0 Å². The second kappa shape index (κ2) is 7.12. The molecule has 0 bridgehead atoms. The molecule has 128 valence electrons. The summed E-state index contributed by atoms with van der Waals surface area (Å²) < 4.78 is 12.6. The number of nitrogens with zero attached hydrogens (tertiary/aromatic N) is 3. The number of aromatic nitrogens is 3. The molecule has 0 radical (unpaired) electrons. The van der Waals surface area contributed by atoms with Gasteiger partial charge in [-0.05, 0) is 31.4 Å². The molecule has 0 atom stereocenters. The molecule has 1 aromatic heterocycles. The van der Waals surface area contributed by atoms with E-state index in [-0.39, 0.29) is 11.7 Å². The van der Waals surface area contributed by atoms with E-state index in [2.05, 4.69) is 15.5 Å². The Bertz CT molecular complexity index is 743. The summed E-state index contributed by atoms with van der Waals surface area (Å²) in [4.78, 5) is 12.2. The number of nitrogens with one attached hydrogen (secondary N) is 1. The molecule has 1 aliphatic rings. The van der Waals surface area contributed by atoms with E-state index in [1.54, 1.807) is 26.6 Å². The van der Waals surface area contributed by atoms with Crippen LogP contribution in [0.3, 0.4) is 0 Å². The van der Waals surface area contributed by atoms with Crippen molar-refractivity contribution in [2.24, 2.45) is 0 Å². The van der Waals surface area contributed by atoms with Crippen LogP contribution in [0.15, 0.2) is 23.6 Å². The molecule has 1 aromatic carbocycles. The average molecular weight is 348 g/mol. The van der Waals surface area contributed by atoms with E-state index >= 15 is 0 Å². The number of hydrogen-bond donors (Lipinski definition) is 1. The van der Waals surface area contributed by atoms with Gasteiger partial charge in [0.05, 0.1) is 20.0 Å². The molecule has 0 aliphatic heterocycles. The molecule has 1 fully saturated rings. The maximum absolute atomic E-state index is 12.2. The summed E-state index contributed by atoms with van der Waals surface area (Å²) in [7, 11) is 3.15. The topological polar surface area (TPSA) is 78.3 Å². The van der Waals surface area contributed by atoms with E-state index in [0.29, 0.717) is 23.2 Å². The highest BCUT2D eigenvalue weighted by atomic mass is 32.2. The third-order valence-corrected chi connectivity index (χ3v) is 4.77. The zero-order chi connectivity index (χ0) is 17.1. The van der Waals surface area contributed by atoms with Crippen molar-refractivity contribution in [3.63, 3.8) is 0 Å². The first kappa shape index (κ1) is 16.6. The molecular formula is C16H20N4O3S. The van der Waals surface area contributed by atoms with E-state index < -0.39 is 0 Å². The summed E-state index contributed by atoms with van der Waals surface area (Å²) in [5.74, 6) is 1.40. The summed E-state index contributed by atoms with van der Waals surface area (Å²) in [6, 6.07) is 4.10. The Labute approximate surface area is 144 Å². The maximum Gasteiger partial charge on any atom is 0.234 e. The Balaban J connectivity index is 1.63. The highest BCUT2D eigenvalue weighted by molar-refractivity contribution is 7.99. The van der Waals surface area contributed by atoms with Crippen LogP contribution < -0.4 is 14.8 Å². The lowest BCUT2D eigenvalue weighted by Gasteiger charge is -2.13. The summed E-state index contributed by atoms with van der Waals surface area (Å²) in [6.45, 7) is 1.91. The van der Waals surface area contributed by atoms with Gasteiger partial charge in [0.25, 0.3) is 0 Å². The largest absolute Gasteiger partial charge is 0.493 e. The lowest BCUT2D eigenvalue weighted by molar-refractivity contribution is -0.113. The highest BCUT2D eigenvalue weighted by Gasteiger charge is 2.26. The second-order valence-corrected chi connectivity index (χ2v) is 6.55. The van der Waals surface area contributed by atoms with Crippen LogP contribution in [0.4, 0.5) is 5.69 Å². The number of carbonyl (C=O) groups excluding carboxylic acids is 1. The number of thioether (sulfide) groups is 1. The van der Waals surface area contributed by atoms with E-state index in [9.17, 15) is 4.79 Å². The fourth-order valence-corrected chi connectivity index (χ4v) is 3.15. The highest BCUT2D eigenvalue weighted by Crippen LogP contribution is 2.37. The number of anilines is 1. The van der Waals surface area contributed by atoms with Gasteiger partial charge in [0.15, 0.2) is 16.7 Å². The quantitative estimate of drug-likeness (QED) is 0.775. The maximum atomic E-state index is 12.2. The molecule has 2 aromatic rings. The SMILES string of the molecule is COc1cc(C)c(NC(=O)CSc2nncn2C2CC2)cc1OC. The predicted octanol–water partition coefficient (Wildman–Crippen LogP) is 2.67. The number of rotatable bonds is 7. The first-order valence-electron chi connectivity index (χ1n) is 7.67.